The van der Waals surface area contributed by atoms with Gasteiger partial charge in [-0.25, -0.2) is 4.98 Å². The zero-order chi connectivity index (χ0) is 15.7. The minimum Gasteiger partial charge on any atom is -0.367 e. The van der Waals surface area contributed by atoms with Crippen molar-refractivity contribution in [3.05, 3.63) is 29.2 Å². The first-order valence-electron chi connectivity index (χ1n) is 7.31. The predicted octanol–water partition coefficient (Wildman–Crippen LogP) is 1.44. The normalized spacial score (nSPS) is 18.9. The molecule has 1 N–H and O–H groups in total. The fraction of sp³-hybridized carbons (Fsp3) is 0.571. The largest absolute Gasteiger partial charge is 0.367 e. The van der Waals surface area contributed by atoms with Gasteiger partial charge in [0.05, 0.1) is 13.2 Å². The summed E-state index contributed by atoms with van der Waals surface area (Å²) in [5.74, 6) is 2.09. The van der Waals surface area contributed by atoms with Gasteiger partial charge in [-0.15, -0.1) is 0 Å². The molecule has 3 rings (SSSR count). The van der Waals surface area contributed by atoms with Gasteiger partial charge in [-0.1, -0.05) is 19.0 Å². The van der Waals surface area contributed by atoms with Crippen molar-refractivity contribution in [2.45, 2.75) is 32.8 Å². The number of aromatic nitrogens is 4. The molecule has 1 unspecified atom stereocenters. The molecule has 1 fully saturated rings. The van der Waals surface area contributed by atoms with Gasteiger partial charge in [0.1, 0.15) is 11.9 Å². The van der Waals surface area contributed by atoms with Gasteiger partial charge >= 0.3 is 0 Å². The van der Waals surface area contributed by atoms with E-state index in [4.69, 9.17) is 9.26 Å². The van der Waals surface area contributed by atoms with Gasteiger partial charge in [0, 0.05) is 18.5 Å². The zero-order valence-corrected chi connectivity index (χ0v) is 12.9. The van der Waals surface area contributed by atoms with Crippen molar-refractivity contribution >= 4 is 5.91 Å². The Kier molecular flexibility index (Phi) is 3.93. The van der Waals surface area contributed by atoms with E-state index in [2.05, 4.69) is 20.3 Å². The third-order valence-electron chi connectivity index (χ3n) is 3.54. The quantitative estimate of drug-likeness (QED) is 0.921. The number of rotatable bonds is 3. The maximum absolute atomic E-state index is 12.4. The third-order valence-corrected chi connectivity index (χ3v) is 3.54. The van der Waals surface area contributed by atoms with Crippen molar-refractivity contribution in [2.75, 3.05) is 19.7 Å². The van der Waals surface area contributed by atoms with Crippen LogP contribution in [-0.4, -0.2) is 50.8 Å². The molecule has 0 aromatic carbocycles. The van der Waals surface area contributed by atoms with Crippen molar-refractivity contribution in [3.63, 3.8) is 0 Å². The van der Waals surface area contributed by atoms with Crippen LogP contribution in [0.3, 0.4) is 0 Å². The topological polar surface area (TPSA) is 97.1 Å². The van der Waals surface area contributed by atoms with Crippen LogP contribution in [0.4, 0.5) is 0 Å². The Hall–Kier alpha value is -2.22. The first kappa shape index (κ1) is 14.7. The van der Waals surface area contributed by atoms with Crippen LogP contribution in [0.25, 0.3) is 0 Å². The van der Waals surface area contributed by atoms with Crippen LogP contribution in [0, 0.1) is 6.92 Å². The van der Waals surface area contributed by atoms with Gasteiger partial charge in [-0.2, -0.15) is 5.10 Å². The minimum atomic E-state index is -0.300. The molecule has 1 aliphatic heterocycles. The fourth-order valence-corrected chi connectivity index (χ4v) is 2.32. The van der Waals surface area contributed by atoms with E-state index in [-0.39, 0.29) is 17.9 Å². The molecule has 0 bridgehead atoms. The molecule has 0 saturated carbocycles. The van der Waals surface area contributed by atoms with Crippen LogP contribution in [0.2, 0.25) is 0 Å². The van der Waals surface area contributed by atoms with E-state index in [0.29, 0.717) is 37.0 Å². The summed E-state index contributed by atoms with van der Waals surface area (Å²) in [6.07, 6.45) is -0.300. The maximum atomic E-state index is 12.4. The van der Waals surface area contributed by atoms with Crippen molar-refractivity contribution in [1.29, 1.82) is 0 Å². The van der Waals surface area contributed by atoms with Gasteiger partial charge in [0.15, 0.2) is 17.3 Å². The Morgan fingerprint density at radius 3 is 2.95 bits per heavy atom. The van der Waals surface area contributed by atoms with Crippen LogP contribution in [0.15, 0.2) is 10.6 Å². The highest BCUT2D eigenvalue weighted by atomic mass is 16.5. The van der Waals surface area contributed by atoms with E-state index in [1.165, 1.54) is 0 Å². The molecular formula is C14H19N5O3. The van der Waals surface area contributed by atoms with E-state index in [9.17, 15) is 4.79 Å². The highest BCUT2D eigenvalue weighted by molar-refractivity contribution is 5.92. The Morgan fingerprint density at radius 2 is 2.32 bits per heavy atom. The molecule has 3 heterocycles. The lowest BCUT2D eigenvalue weighted by atomic mass is 10.2. The van der Waals surface area contributed by atoms with Gasteiger partial charge in [0.2, 0.25) is 0 Å². The van der Waals surface area contributed by atoms with Crippen LogP contribution in [0.1, 0.15) is 53.8 Å². The second-order valence-corrected chi connectivity index (χ2v) is 5.67. The Labute approximate surface area is 127 Å². The van der Waals surface area contributed by atoms with Crippen molar-refractivity contribution < 1.29 is 14.1 Å². The minimum absolute atomic E-state index is 0.159. The molecular weight excluding hydrogens is 286 g/mol. The van der Waals surface area contributed by atoms with Crippen molar-refractivity contribution in [2.24, 2.45) is 0 Å². The fourth-order valence-electron chi connectivity index (χ4n) is 2.32. The highest BCUT2D eigenvalue weighted by Gasteiger charge is 2.29. The number of nitrogens with one attached hydrogen (secondary N) is 1. The molecule has 1 aliphatic rings. The number of H-pyrrole nitrogens is 1. The van der Waals surface area contributed by atoms with Gasteiger partial charge in [-0.3, -0.25) is 9.89 Å². The number of nitrogens with zero attached hydrogens (tertiary/aromatic N) is 4. The maximum Gasteiger partial charge on any atom is 0.276 e. The van der Waals surface area contributed by atoms with Gasteiger partial charge in [0.25, 0.3) is 5.91 Å². The lowest BCUT2D eigenvalue weighted by Crippen LogP contribution is -2.42. The number of carbonyl (C=O) groups is 1. The molecule has 8 nitrogen and oxygen atoms in total. The molecule has 1 amide bonds. The SMILES string of the molecule is Cc1cc(C(=O)N2CCOC(c3nc(C(C)C)n[nH]3)C2)no1. The molecule has 2 aromatic rings. The second kappa shape index (κ2) is 5.88. The lowest BCUT2D eigenvalue weighted by molar-refractivity contribution is -0.0269. The van der Waals surface area contributed by atoms with E-state index < -0.39 is 0 Å². The van der Waals surface area contributed by atoms with E-state index in [1.807, 2.05) is 13.8 Å². The Morgan fingerprint density at radius 1 is 1.50 bits per heavy atom. The average molecular weight is 305 g/mol. The molecule has 0 spiro atoms. The van der Waals surface area contributed by atoms with E-state index in [0.717, 1.165) is 5.82 Å². The number of aryl methyl sites for hydroxylation is 1. The summed E-state index contributed by atoms with van der Waals surface area (Å²) in [7, 11) is 0. The summed E-state index contributed by atoms with van der Waals surface area (Å²) in [5, 5.41) is 10.9. The summed E-state index contributed by atoms with van der Waals surface area (Å²) < 4.78 is 10.7. The molecule has 1 saturated heterocycles. The number of hydrogen-bond donors (Lipinski definition) is 1. The highest BCUT2D eigenvalue weighted by Crippen LogP contribution is 2.21. The zero-order valence-electron chi connectivity index (χ0n) is 12.9. The number of morpholine rings is 1. The Balaban J connectivity index is 1.72. The van der Waals surface area contributed by atoms with E-state index in [1.54, 1.807) is 17.9 Å². The first-order chi connectivity index (χ1) is 10.5. The second-order valence-electron chi connectivity index (χ2n) is 5.67. The average Bonchev–Trinajstić information content (AvgIpc) is 3.15. The number of hydrogen-bond acceptors (Lipinski definition) is 6. The number of aromatic amines is 1. The summed E-state index contributed by atoms with van der Waals surface area (Å²) in [6, 6.07) is 1.64. The number of ether oxygens (including phenoxy) is 1. The molecule has 1 atom stereocenters. The predicted molar refractivity (Wildman–Crippen MR) is 76.3 cm³/mol. The Bertz CT molecular complexity index is 663. The van der Waals surface area contributed by atoms with Crippen LogP contribution >= 0.6 is 0 Å². The monoisotopic (exact) mass is 305 g/mol. The van der Waals surface area contributed by atoms with Crippen LogP contribution in [-0.2, 0) is 4.74 Å². The van der Waals surface area contributed by atoms with Crippen molar-refractivity contribution in [1.82, 2.24) is 25.2 Å². The molecule has 118 valence electrons. The standard InChI is InChI=1S/C14H19N5O3/c1-8(2)12-15-13(17-16-12)11-7-19(4-5-21-11)14(20)10-6-9(3)22-18-10/h6,8,11H,4-5,7H2,1-3H3,(H,15,16,17). The summed E-state index contributed by atoms with van der Waals surface area (Å²) in [6.45, 7) is 7.19. The van der Waals surface area contributed by atoms with Crippen LogP contribution in [0.5, 0.6) is 0 Å². The number of carbonyl (C=O) groups excluding carboxylic acids is 1. The van der Waals surface area contributed by atoms with Gasteiger partial charge in [-0.05, 0) is 6.92 Å². The molecule has 0 radical (unpaired) electrons. The summed E-state index contributed by atoms with van der Waals surface area (Å²) >= 11 is 0. The smallest absolute Gasteiger partial charge is 0.276 e. The molecule has 2 aromatic heterocycles. The number of amides is 1. The summed E-state index contributed by atoms with van der Waals surface area (Å²) in [5.41, 5.74) is 0.318. The lowest BCUT2D eigenvalue weighted by Gasteiger charge is -2.31. The van der Waals surface area contributed by atoms with E-state index >= 15 is 0 Å². The molecule has 8 heteroatoms. The van der Waals surface area contributed by atoms with Crippen LogP contribution < -0.4 is 0 Å². The third kappa shape index (κ3) is 2.87. The van der Waals surface area contributed by atoms with Crippen molar-refractivity contribution in [3.8, 4) is 0 Å². The summed E-state index contributed by atoms with van der Waals surface area (Å²) in [4.78, 5) is 18.5. The van der Waals surface area contributed by atoms with Gasteiger partial charge < -0.3 is 14.2 Å². The molecule has 0 aliphatic carbocycles. The molecule has 22 heavy (non-hydrogen) atoms. The first-order valence-corrected chi connectivity index (χ1v) is 7.31.